The van der Waals surface area contributed by atoms with Crippen molar-refractivity contribution in [2.45, 2.75) is 12.6 Å². The summed E-state index contributed by atoms with van der Waals surface area (Å²) < 4.78 is 7.63. The molecule has 0 amide bonds. The van der Waals surface area contributed by atoms with Gasteiger partial charge < -0.3 is 13.9 Å². The molecule has 13 heavy (non-hydrogen) atoms. The predicted octanol–water partition coefficient (Wildman–Crippen LogP) is -1.05. The first-order valence-corrected chi connectivity index (χ1v) is 4.06. The molecule has 1 fully saturated rings. The number of rotatable bonds is 2. The Morgan fingerprint density at radius 1 is 1.46 bits per heavy atom. The van der Waals surface area contributed by atoms with Gasteiger partial charge in [-0.25, -0.2) is 0 Å². The van der Waals surface area contributed by atoms with E-state index in [1.54, 1.807) is 19.4 Å². The third-order valence-electron chi connectivity index (χ3n) is 2.04. The Morgan fingerprint density at radius 2 is 2.15 bits per heavy atom. The van der Waals surface area contributed by atoms with Crippen LogP contribution in [-0.4, -0.2) is 21.8 Å². The van der Waals surface area contributed by atoms with Crippen molar-refractivity contribution in [1.29, 1.82) is 0 Å². The highest BCUT2D eigenvalue weighted by Crippen LogP contribution is 2.09. The largest absolute Gasteiger partial charge is 0.371 e. The minimum atomic E-state index is -0.497. The van der Waals surface area contributed by atoms with Crippen molar-refractivity contribution < 1.29 is 4.74 Å². The number of aryl methyl sites for hydroxylation is 1. The monoisotopic (exact) mass is 182 g/mol. The van der Waals surface area contributed by atoms with Crippen molar-refractivity contribution in [1.82, 2.24) is 9.13 Å². The lowest BCUT2D eigenvalue weighted by Gasteiger charge is -2.02. The molecule has 5 heteroatoms. The van der Waals surface area contributed by atoms with Crippen LogP contribution >= 0.6 is 0 Å². The van der Waals surface area contributed by atoms with E-state index in [0.29, 0.717) is 13.2 Å². The smallest absolute Gasteiger partial charge is 0.316 e. The van der Waals surface area contributed by atoms with Crippen LogP contribution in [0.4, 0.5) is 0 Å². The summed E-state index contributed by atoms with van der Waals surface area (Å²) in [5.74, 6) is 0. The summed E-state index contributed by atoms with van der Waals surface area (Å²) in [7, 11) is 1.56. The topological polar surface area (TPSA) is 56.5 Å². The van der Waals surface area contributed by atoms with Crippen LogP contribution in [0.25, 0.3) is 0 Å². The number of aromatic nitrogens is 2. The summed E-state index contributed by atoms with van der Waals surface area (Å²) in [4.78, 5) is 22.5. The van der Waals surface area contributed by atoms with Gasteiger partial charge in [0.15, 0.2) is 0 Å². The summed E-state index contributed by atoms with van der Waals surface area (Å²) in [6.07, 6.45) is 3.29. The molecule has 0 N–H and O–H groups in total. The molecule has 1 aromatic rings. The first-order chi connectivity index (χ1) is 6.18. The van der Waals surface area contributed by atoms with E-state index in [9.17, 15) is 9.59 Å². The van der Waals surface area contributed by atoms with Gasteiger partial charge in [-0.2, -0.15) is 0 Å². The number of epoxide rings is 1. The summed E-state index contributed by atoms with van der Waals surface area (Å²) >= 11 is 0. The van der Waals surface area contributed by atoms with Crippen molar-refractivity contribution in [2.75, 3.05) is 6.61 Å². The SMILES string of the molecule is Cn1ccn(CC2CO2)c(=O)c1=O. The molecule has 0 aliphatic carbocycles. The minimum absolute atomic E-state index is 0.116. The fraction of sp³-hybridized carbons (Fsp3) is 0.500. The highest BCUT2D eigenvalue weighted by Gasteiger charge is 2.23. The molecule has 1 saturated heterocycles. The molecular weight excluding hydrogens is 172 g/mol. The van der Waals surface area contributed by atoms with E-state index < -0.39 is 11.1 Å². The van der Waals surface area contributed by atoms with Gasteiger partial charge in [0.2, 0.25) is 0 Å². The van der Waals surface area contributed by atoms with Gasteiger partial charge in [-0.3, -0.25) is 9.59 Å². The molecule has 1 aliphatic rings. The third kappa shape index (κ3) is 1.55. The van der Waals surface area contributed by atoms with Crippen molar-refractivity contribution in [2.24, 2.45) is 7.05 Å². The highest BCUT2D eigenvalue weighted by molar-refractivity contribution is 4.86. The van der Waals surface area contributed by atoms with Gasteiger partial charge in [0, 0.05) is 19.4 Å². The second-order valence-electron chi connectivity index (χ2n) is 3.13. The first-order valence-electron chi connectivity index (χ1n) is 4.06. The number of hydrogen-bond donors (Lipinski definition) is 0. The quantitative estimate of drug-likeness (QED) is 0.433. The highest BCUT2D eigenvalue weighted by atomic mass is 16.6. The van der Waals surface area contributed by atoms with Crippen LogP contribution in [0.15, 0.2) is 22.0 Å². The van der Waals surface area contributed by atoms with Crippen LogP contribution in [0, 0.1) is 0 Å². The average Bonchev–Trinajstić information content (AvgIpc) is 2.90. The zero-order valence-electron chi connectivity index (χ0n) is 7.27. The van der Waals surface area contributed by atoms with Gasteiger partial charge in [0.05, 0.1) is 19.3 Å². The van der Waals surface area contributed by atoms with E-state index in [2.05, 4.69) is 0 Å². The Labute approximate surface area is 74.2 Å². The maximum Gasteiger partial charge on any atom is 0.316 e. The van der Waals surface area contributed by atoms with E-state index in [1.807, 2.05) is 0 Å². The molecular formula is C8H10N2O3. The Kier molecular flexibility index (Phi) is 1.81. The van der Waals surface area contributed by atoms with Gasteiger partial charge in [0.1, 0.15) is 0 Å². The molecule has 0 spiro atoms. The van der Waals surface area contributed by atoms with Gasteiger partial charge in [-0.1, -0.05) is 0 Å². The van der Waals surface area contributed by atoms with Crippen LogP contribution in [0.2, 0.25) is 0 Å². The Balaban J connectivity index is 2.41. The summed E-state index contributed by atoms with van der Waals surface area (Å²) in [5, 5.41) is 0. The number of nitrogens with zero attached hydrogens (tertiary/aromatic N) is 2. The first kappa shape index (κ1) is 8.25. The fourth-order valence-electron chi connectivity index (χ4n) is 1.13. The molecule has 0 bridgehead atoms. The van der Waals surface area contributed by atoms with Crippen LogP contribution < -0.4 is 11.1 Å². The zero-order valence-corrected chi connectivity index (χ0v) is 7.27. The van der Waals surface area contributed by atoms with Crippen LogP contribution in [0.5, 0.6) is 0 Å². The minimum Gasteiger partial charge on any atom is -0.371 e. The van der Waals surface area contributed by atoms with Crippen molar-refractivity contribution in [3.05, 3.63) is 33.1 Å². The maximum atomic E-state index is 11.3. The van der Waals surface area contributed by atoms with Crippen LogP contribution in [-0.2, 0) is 18.3 Å². The molecule has 1 unspecified atom stereocenters. The second-order valence-corrected chi connectivity index (χ2v) is 3.13. The van der Waals surface area contributed by atoms with Crippen LogP contribution in [0.1, 0.15) is 0 Å². The van der Waals surface area contributed by atoms with Gasteiger partial charge >= 0.3 is 11.1 Å². The van der Waals surface area contributed by atoms with E-state index in [4.69, 9.17) is 4.74 Å². The normalized spacial score (nSPS) is 20.2. The molecule has 2 rings (SSSR count). The molecule has 1 aromatic heterocycles. The lowest BCUT2D eigenvalue weighted by molar-refractivity contribution is 0.379. The molecule has 0 saturated carbocycles. The van der Waals surface area contributed by atoms with E-state index in [0.717, 1.165) is 0 Å². The molecule has 5 nitrogen and oxygen atoms in total. The summed E-state index contributed by atoms with van der Waals surface area (Å²) in [5.41, 5.74) is -0.983. The predicted molar refractivity (Wildman–Crippen MR) is 45.7 cm³/mol. The lowest BCUT2D eigenvalue weighted by atomic mass is 10.4. The molecule has 1 atom stereocenters. The van der Waals surface area contributed by atoms with Crippen molar-refractivity contribution in [3.8, 4) is 0 Å². The molecule has 2 heterocycles. The Hall–Kier alpha value is -1.36. The second kappa shape index (κ2) is 2.85. The van der Waals surface area contributed by atoms with Gasteiger partial charge in [-0.15, -0.1) is 0 Å². The van der Waals surface area contributed by atoms with Gasteiger partial charge in [-0.05, 0) is 0 Å². The molecule has 0 aromatic carbocycles. The zero-order chi connectivity index (χ0) is 9.42. The summed E-state index contributed by atoms with van der Waals surface area (Å²) in [6, 6.07) is 0. The molecule has 1 aliphatic heterocycles. The summed E-state index contributed by atoms with van der Waals surface area (Å²) in [6.45, 7) is 1.16. The number of hydrogen-bond acceptors (Lipinski definition) is 3. The average molecular weight is 182 g/mol. The third-order valence-corrected chi connectivity index (χ3v) is 2.04. The van der Waals surface area contributed by atoms with Gasteiger partial charge in [0.25, 0.3) is 0 Å². The lowest BCUT2D eigenvalue weighted by Crippen LogP contribution is -2.40. The van der Waals surface area contributed by atoms with Crippen molar-refractivity contribution in [3.63, 3.8) is 0 Å². The van der Waals surface area contributed by atoms with Crippen molar-refractivity contribution >= 4 is 0 Å². The maximum absolute atomic E-state index is 11.3. The van der Waals surface area contributed by atoms with E-state index >= 15 is 0 Å². The van der Waals surface area contributed by atoms with E-state index in [-0.39, 0.29) is 6.10 Å². The van der Waals surface area contributed by atoms with E-state index in [1.165, 1.54) is 9.13 Å². The standard InChI is InChI=1S/C8H10N2O3/c1-9-2-3-10(4-6-5-13-6)8(12)7(9)11/h2-3,6H,4-5H2,1H3. The molecule has 0 radical (unpaired) electrons. The Bertz CT molecular complexity index is 428. The molecule has 70 valence electrons. The van der Waals surface area contributed by atoms with Crippen LogP contribution in [0.3, 0.4) is 0 Å². The Morgan fingerprint density at radius 3 is 2.77 bits per heavy atom. The fourth-order valence-corrected chi connectivity index (χ4v) is 1.13. The number of ether oxygens (including phenoxy) is 1.